The highest BCUT2D eigenvalue weighted by atomic mass is 31.2. The van der Waals surface area contributed by atoms with Gasteiger partial charge < -0.3 is 28.8 Å². The molecule has 13 heteroatoms. The second kappa shape index (κ2) is 11.7. The summed E-state index contributed by atoms with van der Waals surface area (Å²) in [5, 5.41) is -0.00363. The first-order valence-corrected chi connectivity index (χ1v) is 15.8. The maximum absolute atomic E-state index is 12.5. The number of nitrogens with two attached hydrogens (primary N) is 1. The molecule has 0 fully saturated rings. The second-order valence-electron chi connectivity index (χ2n) is 9.04. The minimum absolute atomic E-state index is 0.00363. The summed E-state index contributed by atoms with van der Waals surface area (Å²) in [5.41, 5.74) is 6.82. The Bertz CT molecular complexity index is 925. The molecular weight excluding hydrogens is 465 g/mol. The van der Waals surface area contributed by atoms with Crippen molar-refractivity contribution in [1.82, 2.24) is 19.7 Å². The Labute approximate surface area is 196 Å². The first-order chi connectivity index (χ1) is 15.4. The van der Waals surface area contributed by atoms with E-state index in [4.69, 9.17) is 28.8 Å². The Morgan fingerprint density at radius 3 is 2.42 bits per heavy atom. The van der Waals surface area contributed by atoms with Crippen LogP contribution in [0.25, 0.3) is 11.2 Å². The largest absolute Gasteiger partial charge is 0.382 e. The molecule has 0 aliphatic rings. The van der Waals surface area contributed by atoms with Gasteiger partial charge in [0.25, 0.3) is 0 Å². The van der Waals surface area contributed by atoms with Crippen LogP contribution in [0.1, 0.15) is 47.5 Å². The molecule has 33 heavy (non-hydrogen) atoms. The molecule has 2 aromatic rings. The zero-order valence-electron chi connectivity index (χ0n) is 20.7. The van der Waals surface area contributed by atoms with Crippen LogP contribution in [0.2, 0.25) is 18.1 Å². The van der Waals surface area contributed by atoms with Crippen molar-refractivity contribution >= 4 is 32.9 Å². The molecule has 2 N–H and O–H groups in total. The van der Waals surface area contributed by atoms with E-state index in [1.54, 1.807) is 13.8 Å². The molecule has 11 nitrogen and oxygen atoms in total. The average molecular weight is 504 g/mol. The summed E-state index contributed by atoms with van der Waals surface area (Å²) in [6, 6.07) is 0. The number of nitrogen functional groups attached to an aromatic ring is 1. The van der Waals surface area contributed by atoms with E-state index in [2.05, 4.69) is 48.8 Å². The van der Waals surface area contributed by atoms with Gasteiger partial charge in [-0.1, -0.05) is 20.8 Å². The highest BCUT2D eigenvalue weighted by Crippen LogP contribution is 2.47. The van der Waals surface area contributed by atoms with E-state index in [1.807, 2.05) is 0 Å². The fourth-order valence-electron chi connectivity index (χ4n) is 2.71. The molecule has 0 aliphatic heterocycles. The standard InChI is InChI=1S/C20H38N5O6PSi/c1-8-28-32(26,29-9-2)15-27-12-10-11-16(31-33(6,7)20(3,4)5)30-25-14-24-17-18(21)22-13-23-19(17)25/h13-14,16H,8-12,15H2,1-7H3,(H2,21,22,23). The van der Waals surface area contributed by atoms with Gasteiger partial charge in [0, 0.05) is 13.0 Å². The van der Waals surface area contributed by atoms with Crippen LogP contribution in [0.15, 0.2) is 12.7 Å². The lowest BCUT2D eigenvalue weighted by atomic mass is 10.2. The summed E-state index contributed by atoms with van der Waals surface area (Å²) in [7, 11) is -5.37. The molecule has 188 valence electrons. The third kappa shape index (κ3) is 7.73. The van der Waals surface area contributed by atoms with Gasteiger partial charge in [-0.2, -0.15) is 0 Å². The van der Waals surface area contributed by atoms with Gasteiger partial charge >= 0.3 is 7.60 Å². The molecular formula is C20H38N5O6PSi. The number of nitrogens with zero attached hydrogens (tertiary/aromatic N) is 4. The Morgan fingerprint density at radius 1 is 1.15 bits per heavy atom. The monoisotopic (exact) mass is 503 g/mol. The molecule has 0 amide bonds. The minimum Gasteiger partial charge on any atom is -0.382 e. The van der Waals surface area contributed by atoms with Crippen LogP contribution in [0.3, 0.4) is 0 Å². The van der Waals surface area contributed by atoms with Gasteiger partial charge in [-0.3, -0.25) is 4.57 Å². The molecule has 1 unspecified atom stereocenters. The predicted octanol–water partition coefficient (Wildman–Crippen LogP) is 4.21. The summed E-state index contributed by atoms with van der Waals surface area (Å²) in [5.74, 6) is 0.283. The molecule has 0 spiro atoms. The Morgan fingerprint density at radius 2 is 1.82 bits per heavy atom. The lowest BCUT2D eigenvalue weighted by Crippen LogP contribution is -2.46. The predicted molar refractivity (Wildman–Crippen MR) is 129 cm³/mol. The van der Waals surface area contributed by atoms with Crippen molar-refractivity contribution in [1.29, 1.82) is 0 Å². The molecule has 0 bridgehead atoms. The van der Waals surface area contributed by atoms with Crippen LogP contribution in [0.5, 0.6) is 0 Å². The molecule has 0 radical (unpaired) electrons. The van der Waals surface area contributed by atoms with Crippen LogP contribution in [0.4, 0.5) is 5.82 Å². The highest BCUT2D eigenvalue weighted by Gasteiger charge is 2.40. The van der Waals surface area contributed by atoms with Gasteiger partial charge in [-0.25, -0.2) is 15.0 Å². The smallest absolute Gasteiger partial charge is 0.356 e. The van der Waals surface area contributed by atoms with Gasteiger partial charge in [-0.05, 0) is 38.4 Å². The van der Waals surface area contributed by atoms with Crippen molar-refractivity contribution in [3.63, 3.8) is 0 Å². The lowest BCUT2D eigenvalue weighted by Gasteiger charge is -2.38. The van der Waals surface area contributed by atoms with E-state index < -0.39 is 22.2 Å². The van der Waals surface area contributed by atoms with Crippen LogP contribution < -0.4 is 10.6 Å². The van der Waals surface area contributed by atoms with E-state index in [9.17, 15) is 4.57 Å². The molecule has 0 aliphatic carbocycles. The fourth-order valence-corrected chi connectivity index (χ4v) is 5.24. The van der Waals surface area contributed by atoms with Gasteiger partial charge in [0.15, 0.2) is 19.7 Å². The summed E-state index contributed by atoms with van der Waals surface area (Å²) in [6.45, 7) is 15.3. The van der Waals surface area contributed by atoms with E-state index in [1.165, 1.54) is 17.4 Å². The minimum atomic E-state index is -3.23. The number of imidazole rings is 1. The zero-order valence-corrected chi connectivity index (χ0v) is 22.6. The summed E-state index contributed by atoms with van der Waals surface area (Å²) in [6.07, 6.45) is 3.38. The number of anilines is 1. The zero-order chi connectivity index (χ0) is 24.7. The van der Waals surface area contributed by atoms with Crippen molar-refractivity contribution < 1.29 is 27.6 Å². The van der Waals surface area contributed by atoms with Crippen LogP contribution in [0, 0.1) is 0 Å². The maximum atomic E-state index is 12.5. The Balaban J connectivity index is 2.05. The quantitative estimate of drug-likeness (QED) is 0.173. The van der Waals surface area contributed by atoms with Gasteiger partial charge in [-0.15, -0.1) is 4.73 Å². The van der Waals surface area contributed by atoms with E-state index in [0.29, 0.717) is 43.8 Å². The molecule has 2 heterocycles. The second-order valence-corrected chi connectivity index (χ2v) is 15.8. The van der Waals surface area contributed by atoms with Gasteiger partial charge in [0.2, 0.25) is 11.9 Å². The lowest BCUT2D eigenvalue weighted by molar-refractivity contribution is -0.0974. The van der Waals surface area contributed by atoms with Crippen LogP contribution in [-0.2, 0) is 22.8 Å². The molecule has 0 saturated carbocycles. The summed E-state index contributed by atoms with van der Waals surface area (Å²) < 4.78 is 36.6. The van der Waals surface area contributed by atoms with Crippen LogP contribution >= 0.6 is 7.60 Å². The van der Waals surface area contributed by atoms with Gasteiger partial charge in [0.1, 0.15) is 19.0 Å². The van der Waals surface area contributed by atoms with E-state index in [0.717, 1.165) is 0 Å². The van der Waals surface area contributed by atoms with Crippen molar-refractivity contribution in [2.45, 2.75) is 71.9 Å². The summed E-state index contributed by atoms with van der Waals surface area (Å²) >= 11 is 0. The van der Waals surface area contributed by atoms with Crippen molar-refractivity contribution in [2.24, 2.45) is 0 Å². The fraction of sp³-hybridized carbons (Fsp3) is 0.750. The number of fused-ring (bicyclic) bond motifs is 1. The Kier molecular flexibility index (Phi) is 9.83. The SMILES string of the molecule is CCOP(=O)(COCCCC(On1cnc2c(N)ncnc21)O[Si](C)(C)C(C)(C)C)OCC. The molecule has 2 rings (SSSR count). The number of aromatic nitrogens is 4. The number of hydrogen-bond donors (Lipinski definition) is 1. The first kappa shape index (κ1) is 27.7. The van der Waals surface area contributed by atoms with Crippen molar-refractivity contribution in [3.05, 3.63) is 12.7 Å². The molecule has 0 aromatic carbocycles. The Hall–Kier alpha value is -1.56. The molecule has 2 aromatic heterocycles. The average Bonchev–Trinajstić information content (AvgIpc) is 3.11. The number of rotatable bonds is 14. The summed E-state index contributed by atoms with van der Waals surface area (Å²) in [4.78, 5) is 18.6. The van der Waals surface area contributed by atoms with E-state index in [-0.39, 0.29) is 17.2 Å². The topological polar surface area (TPSA) is 133 Å². The van der Waals surface area contributed by atoms with E-state index >= 15 is 0 Å². The normalized spacial score (nSPS) is 14.0. The van der Waals surface area contributed by atoms with Crippen molar-refractivity contribution in [2.75, 3.05) is 31.9 Å². The third-order valence-corrected chi connectivity index (χ3v) is 11.7. The van der Waals surface area contributed by atoms with Crippen LogP contribution in [-0.4, -0.2) is 60.5 Å². The third-order valence-electron chi connectivity index (χ3n) is 5.42. The number of hydrogen-bond acceptors (Lipinski definition) is 10. The number of ether oxygens (including phenoxy) is 1. The first-order valence-electron chi connectivity index (χ1n) is 11.2. The molecule has 1 atom stereocenters. The van der Waals surface area contributed by atoms with Crippen molar-refractivity contribution in [3.8, 4) is 0 Å². The molecule has 0 saturated heterocycles. The maximum Gasteiger partial charge on any atom is 0.356 e. The highest BCUT2D eigenvalue weighted by molar-refractivity contribution is 7.53. The van der Waals surface area contributed by atoms with Gasteiger partial charge in [0.05, 0.1) is 13.2 Å².